The van der Waals surface area contributed by atoms with Crippen molar-refractivity contribution in [1.29, 1.82) is 5.26 Å². The lowest BCUT2D eigenvalue weighted by atomic mass is 10.1. The van der Waals surface area contributed by atoms with E-state index >= 15 is 0 Å². The fourth-order valence-electron chi connectivity index (χ4n) is 0.732. The van der Waals surface area contributed by atoms with Gasteiger partial charge in [0.2, 0.25) is 0 Å². The van der Waals surface area contributed by atoms with Gasteiger partial charge in [0.05, 0.1) is 25.2 Å². The highest BCUT2D eigenvalue weighted by Crippen LogP contribution is 2.00. The van der Waals surface area contributed by atoms with Gasteiger partial charge >= 0.3 is 5.97 Å². The third kappa shape index (κ3) is 6.21. The predicted octanol–water partition coefficient (Wildman–Crippen LogP) is 1.28. The van der Waals surface area contributed by atoms with E-state index in [0.29, 0.717) is 13.2 Å². The Morgan fingerprint density at radius 2 is 2.36 bits per heavy atom. The smallest absolute Gasteiger partial charge is 0.330 e. The Morgan fingerprint density at radius 1 is 1.64 bits per heavy atom. The average Bonchev–Trinajstić information content (AvgIpc) is 2.23. The van der Waals surface area contributed by atoms with E-state index in [1.807, 2.05) is 6.92 Å². The van der Waals surface area contributed by atoms with Crippen LogP contribution in [0.5, 0.6) is 0 Å². The SMILES string of the molecule is C=CC(=O)OCCOCC(C#N)CC. The number of carbonyl (C=O) groups excluding carboxylic acids is 1. The summed E-state index contributed by atoms with van der Waals surface area (Å²) in [6.45, 7) is 6.09. The second-order valence-electron chi connectivity index (χ2n) is 2.68. The number of esters is 1. The Labute approximate surface area is 84.1 Å². The minimum absolute atomic E-state index is 0.0786. The minimum atomic E-state index is -0.457. The van der Waals surface area contributed by atoms with E-state index in [-0.39, 0.29) is 12.5 Å². The molecule has 0 radical (unpaired) electrons. The van der Waals surface area contributed by atoms with Gasteiger partial charge in [0.1, 0.15) is 6.61 Å². The maximum Gasteiger partial charge on any atom is 0.330 e. The fourth-order valence-corrected chi connectivity index (χ4v) is 0.732. The summed E-state index contributed by atoms with van der Waals surface area (Å²) in [6, 6.07) is 2.11. The second kappa shape index (κ2) is 8.27. The summed E-state index contributed by atoms with van der Waals surface area (Å²) >= 11 is 0. The summed E-state index contributed by atoms with van der Waals surface area (Å²) in [5, 5.41) is 8.58. The molecule has 0 saturated heterocycles. The molecule has 0 bridgehead atoms. The number of nitriles is 1. The van der Waals surface area contributed by atoms with Crippen LogP contribution >= 0.6 is 0 Å². The lowest BCUT2D eigenvalue weighted by Gasteiger charge is -2.07. The molecule has 0 rings (SSSR count). The van der Waals surface area contributed by atoms with E-state index in [9.17, 15) is 4.79 Å². The van der Waals surface area contributed by atoms with Crippen molar-refractivity contribution >= 4 is 5.97 Å². The Hall–Kier alpha value is -1.34. The molecule has 0 aliphatic rings. The van der Waals surface area contributed by atoms with Crippen LogP contribution in [0.2, 0.25) is 0 Å². The van der Waals surface area contributed by atoms with Gasteiger partial charge in [0.25, 0.3) is 0 Å². The maximum absolute atomic E-state index is 10.6. The molecular weight excluding hydrogens is 182 g/mol. The monoisotopic (exact) mass is 197 g/mol. The zero-order valence-corrected chi connectivity index (χ0v) is 8.36. The van der Waals surface area contributed by atoms with Gasteiger partial charge in [-0.25, -0.2) is 4.79 Å². The fraction of sp³-hybridized carbons (Fsp3) is 0.600. The molecule has 4 nitrogen and oxygen atoms in total. The second-order valence-corrected chi connectivity index (χ2v) is 2.68. The third-order valence-electron chi connectivity index (χ3n) is 1.63. The molecule has 0 aliphatic heterocycles. The third-order valence-corrected chi connectivity index (χ3v) is 1.63. The molecule has 0 N–H and O–H groups in total. The lowest BCUT2D eigenvalue weighted by Crippen LogP contribution is -2.12. The van der Waals surface area contributed by atoms with Crippen LogP contribution in [0.1, 0.15) is 13.3 Å². The van der Waals surface area contributed by atoms with E-state index in [1.165, 1.54) is 0 Å². The quantitative estimate of drug-likeness (QED) is 0.350. The Morgan fingerprint density at radius 3 is 2.86 bits per heavy atom. The molecule has 0 aliphatic carbocycles. The molecular formula is C10H15NO3. The Bertz CT molecular complexity index is 220. The predicted molar refractivity (Wildman–Crippen MR) is 51.4 cm³/mol. The summed E-state index contributed by atoms with van der Waals surface area (Å²) < 4.78 is 9.81. The molecule has 0 aromatic carbocycles. The molecule has 78 valence electrons. The first-order valence-corrected chi connectivity index (χ1v) is 4.51. The van der Waals surface area contributed by atoms with Gasteiger partial charge in [0.15, 0.2) is 0 Å². The summed E-state index contributed by atoms with van der Waals surface area (Å²) in [5.41, 5.74) is 0. The Kier molecular flexibility index (Phi) is 7.48. The van der Waals surface area contributed by atoms with Crippen molar-refractivity contribution in [1.82, 2.24) is 0 Å². The highest BCUT2D eigenvalue weighted by Gasteiger charge is 2.03. The molecule has 1 unspecified atom stereocenters. The van der Waals surface area contributed by atoms with Gasteiger partial charge in [-0.15, -0.1) is 0 Å². The highest BCUT2D eigenvalue weighted by atomic mass is 16.6. The molecule has 0 fully saturated rings. The van der Waals surface area contributed by atoms with Gasteiger partial charge in [-0.3, -0.25) is 0 Å². The van der Waals surface area contributed by atoms with E-state index in [4.69, 9.17) is 10.00 Å². The summed E-state index contributed by atoms with van der Waals surface area (Å²) in [4.78, 5) is 10.6. The Balaban J connectivity index is 3.34. The van der Waals surface area contributed by atoms with Gasteiger partial charge in [-0.1, -0.05) is 13.5 Å². The number of rotatable bonds is 7. The highest BCUT2D eigenvalue weighted by molar-refractivity contribution is 5.81. The minimum Gasteiger partial charge on any atom is -0.460 e. The molecule has 0 aromatic rings. The molecule has 0 aromatic heterocycles. The van der Waals surface area contributed by atoms with Crippen molar-refractivity contribution in [2.45, 2.75) is 13.3 Å². The number of nitrogens with zero attached hydrogens (tertiary/aromatic N) is 1. The average molecular weight is 197 g/mol. The van der Waals surface area contributed by atoms with Crippen LogP contribution in [0, 0.1) is 17.2 Å². The molecule has 0 amide bonds. The topological polar surface area (TPSA) is 59.3 Å². The molecule has 0 spiro atoms. The van der Waals surface area contributed by atoms with E-state index in [0.717, 1.165) is 12.5 Å². The van der Waals surface area contributed by atoms with Gasteiger partial charge in [-0.05, 0) is 6.42 Å². The van der Waals surface area contributed by atoms with Crippen LogP contribution in [0.15, 0.2) is 12.7 Å². The first-order chi connectivity index (χ1) is 6.74. The van der Waals surface area contributed by atoms with Crippen molar-refractivity contribution in [2.24, 2.45) is 5.92 Å². The van der Waals surface area contributed by atoms with Crippen LogP contribution in [0.4, 0.5) is 0 Å². The van der Waals surface area contributed by atoms with Crippen LogP contribution in [0.25, 0.3) is 0 Å². The molecule has 4 heteroatoms. The zero-order chi connectivity index (χ0) is 10.8. The summed E-state index contributed by atoms with van der Waals surface area (Å²) in [7, 11) is 0. The van der Waals surface area contributed by atoms with Crippen molar-refractivity contribution in [2.75, 3.05) is 19.8 Å². The lowest BCUT2D eigenvalue weighted by molar-refractivity contribution is -0.139. The van der Waals surface area contributed by atoms with Gasteiger partial charge in [-0.2, -0.15) is 5.26 Å². The van der Waals surface area contributed by atoms with Crippen molar-refractivity contribution in [3.8, 4) is 6.07 Å². The van der Waals surface area contributed by atoms with Crippen LogP contribution in [0.3, 0.4) is 0 Å². The van der Waals surface area contributed by atoms with Crippen LogP contribution in [-0.2, 0) is 14.3 Å². The standard InChI is InChI=1S/C10H15NO3/c1-3-9(7-11)8-13-5-6-14-10(12)4-2/h4,9H,2-3,5-6,8H2,1H3. The van der Waals surface area contributed by atoms with Crippen LogP contribution in [-0.4, -0.2) is 25.8 Å². The maximum atomic E-state index is 10.6. The van der Waals surface area contributed by atoms with Crippen molar-refractivity contribution < 1.29 is 14.3 Å². The zero-order valence-electron chi connectivity index (χ0n) is 8.36. The first-order valence-electron chi connectivity index (χ1n) is 4.51. The largest absolute Gasteiger partial charge is 0.460 e. The molecule has 0 heterocycles. The molecule has 1 atom stereocenters. The molecule has 0 saturated carbocycles. The number of carbonyl (C=O) groups is 1. The normalized spacial score (nSPS) is 11.4. The summed E-state index contributed by atoms with van der Waals surface area (Å²) in [6.07, 6.45) is 1.87. The van der Waals surface area contributed by atoms with E-state index in [1.54, 1.807) is 0 Å². The van der Waals surface area contributed by atoms with Gasteiger partial charge < -0.3 is 9.47 Å². The van der Waals surface area contributed by atoms with E-state index < -0.39 is 5.97 Å². The number of hydrogen-bond donors (Lipinski definition) is 0. The summed E-state index contributed by atoms with van der Waals surface area (Å²) in [5.74, 6) is -0.536. The first kappa shape index (κ1) is 12.7. The van der Waals surface area contributed by atoms with Gasteiger partial charge in [0, 0.05) is 6.08 Å². The van der Waals surface area contributed by atoms with Crippen molar-refractivity contribution in [3.05, 3.63) is 12.7 Å². The van der Waals surface area contributed by atoms with E-state index in [2.05, 4.69) is 17.4 Å². The number of hydrogen-bond acceptors (Lipinski definition) is 4. The van der Waals surface area contributed by atoms with Crippen LogP contribution < -0.4 is 0 Å². The van der Waals surface area contributed by atoms with Crippen molar-refractivity contribution in [3.63, 3.8) is 0 Å². The number of ether oxygens (including phenoxy) is 2. The molecule has 14 heavy (non-hydrogen) atoms.